The third kappa shape index (κ3) is 3.71. The average Bonchev–Trinajstić information content (AvgIpc) is 2.56. The maximum absolute atomic E-state index is 13.3. The summed E-state index contributed by atoms with van der Waals surface area (Å²) >= 11 is 3.36. The highest BCUT2D eigenvalue weighted by atomic mass is 79.9. The molecule has 1 aromatic heterocycles. The summed E-state index contributed by atoms with van der Waals surface area (Å²) in [4.78, 5) is 24.0. The van der Waals surface area contributed by atoms with Crippen LogP contribution >= 0.6 is 15.9 Å². The molecule has 122 valence electrons. The topological polar surface area (TPSA) is 59.3 Å². The standard InChI is InChI=1S/C18H13BrFNO3/c19-13-3-1-11(2-4-13)7-8-21-17(22)16-10-12-9-14(20)5-6-15(12)18(23)24-16/h1-6,9-10H,7-8H2,(H,21,22). The van der Waals surface area contributed by atoms with E-state index < -0.39 is 17.3 Å². The summed E-state index contributed by atoms with van der Waals surface area (Å²) < 4.78 is 19.3. The molecule has 0 spiro atoms. The van der Waals surface area contributed by atoms with Gasteiger partial charge in [0, 0.05) is 11.0 Å². The molecule has 6 heteroatoms. The molecule has 0 aliphatic carbocycles. The van der Waals surface area contributed by atoms with Gasteiger partial charge in [-0.1, -0.05) is 28.1 Å². The van der Waals surface area contributed by atoms with Crippen LogP contribution in [0.2, 0.25) is 0 Å². The Morgan fingerprint density at radius 2 is 1.88 bits per heavy atom. The van der Waals surface area contributed by atoms with Crippen LogP contribution in [0.3, 0.4) is 0 Å². The second kappa shape index (κ2) is 6.97. The molecule has 24 heavy (non-hydrogen) atoms. The minimum atomic E-state index is -0.662. The molecule has 0 unspecified atom stereocenters. The second-order valence-corrected chi connectivity index (χ2v) is 6.18. The monoisotopic (exact) mass is 389 g/mol. The maximum Gasteiger partial charge on any atom is 0.344 e. The molecule has 1 heterocycles. The van der Waals surface area contributed by atoms with Gasteiger partial charge in [-0.2, -0.15) is 0 Å². The van der Waals surface area contributed by atoms with Gasteiger partial charge in [-0.15, -0.1) is 0 Å². The van der Waals surface area contributed by atoms with Gasteiger partial charge < -0.3 is 9.73 Å². The zero-order chi connectivity index (χ0) is 17.1. The highest BCUT2D eigenvalue weighted by molar-refractivity contribution is 9.10. The number of hydrogen-bond donors (Lipinski definition) is 1. The Morgan fingerprint density at radius 3 is 2.62 bits per heavy atom. The largest absolute Gasteiger partial charge is 0.417 e. The SMILES string of the molecule is O=C(NCCc1ccc(Br)cc1)c1cc2cc(F)ccc2c(=O)o1. The first-order valence-electron chi connectivity index (χ1n) is 7.29. The van der Waals surface area contributed by atoms with Gasteiger partial charge in [-0.05, 0) is 53.8 Å². The molecule has 0 saturated carbocycles. The van der Waals surface area contributed by atoms with E-state index in [2.05, 4.69) is 21.2 Å². The Kier molecular flexibility index (Phi) is 4.76. The molecule has 0 aliphatic heterocycles. The number of rotatable bonds is 4. The van der Waals surface area contributed by atoms with Crippen molar-refractivity contribution >= 4 is 32.6 Å². The fourth-order valence-electron chi connectivity index (χ4n) is 2.33. The van der Waals surface area contributed by atoms with Crippen molar-refractivity contribution in [1.29, 1.82) is 0 Å². The molecule has 1 amide bonds. The van der Waals surface area contributed by atoms with Crippen LogP contribution in [0.5, 0.6) is 0 Å². The van der Waals surface area contributed by atoms with Crippen LogP contribution in [-0.4, -0.2) is 12.5 Å². The Morgan fingerprint density at radius 1 is 1.12 bits per heavy atom. The lowest BCUT2D eigenvalue weighted by molar-refractivity contribution is 0.0922. The fraction of sp³-hybridized carbons (Fsp3) is 0.111. The van der Waals surface area contributed by atoms with Crippen LogP contribution in [0.15, 0.2) is 62.2 Å². The summed E-state index contributed by atoms with van der Waals surface area (Å²) in [7, 11) is 0. The van der Waals surface area contributed by atoms with Crippen LogP contribution < -0.4 is 10.9 Å². The van der Waals surface area contributed by atoms with Crippen LogP contribution in [0.1, 0.15) is 16.1 Å². The molecule has 3 aromatic rings. The number of hydrogen-bond acceptors (Lipinski definition) is 3. The fourth-order valence-corrected chi connectivity index (χ4v) is 2.60. The summed E-state index contributed by atoms with van der Waals surface area (Å²) in [6.07, 6.45) is 0.644. The summed E-state index contributed by atoms with van der Waals surface area (Å²) in [6.45, 7) is 0.394. The highest BCUT2D eigenvalue weighted by Crippen LogP contribution is 2.14. The van der Waals surface area contributed by atoms with Crippen molar-refractivity contribution < 1.29 is 13.6 Å². The lowest BCUT2D eigenvalue weighted by atomic mass is 10.1. The minimum Gasteiger partial charge on any atom is -0.417 e. The molecule has 3 rings (SSSR count). The summed E-state index contributed by atoms with van der Waals surface area (Å²) in [5.41, 5.74) is 0.408. The number of carbonyl (C=O) groups is 1. The smallest absolute Gasteiger partial charge is 0.344 e. The quantitative estimate of drug-likeness (QED) is 0.740. The van der Waals surface area contributed by atoms with Gasteiger partial charge in [0.15, 0.2) is 5.76 Å². The summed E-state index contributed by atoms with van der Waals surface area (Å²) in [6, 6.07) is 12.8. The molecule has 0 atom stereocenters. The predicted molar refractivity (Wildman–Crippen MR) is 92.6 cm³/mol. The predicted octanol–water partition coefficient (Wildman–Crippen LogP) is 3.67. The summed E-state index contributed by atoms with van der Waals surface area (Å²) in [5.74, 6) is -1.11. The van der Waals surface area contributed by atoms with Gasteiger partial charge in [-0.3, -0.25) is 4.79 Å². The molecular weight excluding hydrogens is 377 g/mol. The molecule has 0 bridgehead atoms. The first kappa shape index (κ1) is 16.4. The van der Waals surface area contributed by atoms with Crippen molar-refractivity contribution in [3.63, 3.8) is 0 Å². The van der Waals surface area contributed by atoms with Crippen LogP contribution in [0.25, 0.3) is 10.8 Å². The molecule has 4 nitrogen and oxygen atoms in total. The van der Waals surface area contributed by atoms with E-state index in [-0.39, 0.29) is 11.1 Å². The van der Waals surface area contributed by atoms with E-state index in [1.165, 1.54) is 24.3 Å². The van der Waals surface area contributed by atoms with E-state index in [9.17, 15) is 14.0 Å². The lowest BCUT2D eigenvalue weighted by Gasteiger charge is -2.06. The molecular formula is C18H13BrFNO3. The number of benzene rings is 2. The Bertz CT molecular complexity index is 951. The van der Waals surface area contributed by atoms with Gasteiger partial charge in [0.2, 0.25) is 0 Å². The molecule has 0 aliphatic rings. The zero-order valence-electron chi connectivity index (χ0n) is 12.5. The second-order valence-electron chi connectivity index (χ2n) is 5.26. The molecule has 2 aromatic carbocycles. The molecule has 0 radical (unpaired) electrons. The number of nitrogens with one attached hydrogen (secondary N) is 1. The minimum absolute atomic E-state index is 0.131. The van der Waals surface area contributed by atoms with E-state index in [4.69, 9.17) is 4.42 Å². The summed E-state index contributed by atoms with van der Waals surface area (Å²) in [5, 5.41) is 3.27. The number of amides is 1. The Labute approximate surface area is 145 Å². The van der Waals surface area contributed by atoms with E-state index in [1.54, 1.807) is 0 Å². The number of fused-ring (bicyclic) bond motifs is 1. The Hall–Kier alpha value is -2.47. The van der Waals surface area contributed by atoms with Gasteiger partial charge in [-0.25, -0.2) is 9.18 Å². The molecule has 1 N–H and O–H groups in total. The van der Waals surface area contributed by atoms with E-state index in [0.717, 1.165) is 10.0 Å². The number of halogens is 2. The van der Waals surface area contributed by atoms with Crippen molar-refractivity contribution in [2.24, 2.45) is 0 Å². The third-order valence-electron chi connectivity index (χ3n) is 3.56. The van der Waals surface area contributed by atoms with Crippen molar-refractivity contribution in [2.75, 3.05) is 6.54 Å². The first-order chi connectivity index (χ1) is 11.5. The van der Waals surface area contributed by atoms with Crippen molar-refractivity contribution in [2.45, 2.75) is 6.42 Å². The van der Waals surface area contributed by atoms with Crippen LogP contribution in [-0.2, 0) is 6.42 Å². The van der Waals surface area contributed by atoms with Crippen molar-refractivity contribution in [3.05, 3.63) is 80.6 Å². The van der Waals surface area contributed by atoms with Gasteiger partial charge in [0.05, 0.1) is 5.39 Å². The van der Waals surface area contributed by atoms with Crippen molar-refractivity contribution in [1.82, 2.24) is 5.32 Å². The third-order valence-corrected chi connectivity index (χ3v) is 4.09. The van der Waals surface area contributed by atoms with Gasteiger partial charge >= 0.3 is 5.63 Å². The van der Waals surface area contributed by atoms with Crippen LogP contribution in [0.4, 0.5) is 4.39 Å². The average molecular weight is 390 g/mol. The van der Waals surface area contributed by atoms with Crippen molar-refractivity contribution in [3.8, 4) is 0 Å². The normalized spacial score (nSPS) is 10.8. The van der Waals surface area contributed by atoms with E-state index in [1.807, 2.05) is 24.3 Å². The number of carbonyl (C=O) groups excluding carboxylic acids is 1. The Balaban J connectivity index is 1.71. The maximum atomic E-state index is 13.3. The zero-order valence-corrected chi connectivity index (χ0v) is 14.1. The van der Waals surface area contributed by atoms with Crippen LogP contribution in [0, 0.1) is 5.82 Å². The van der Waals surface area contributed by atoms with E-state index >= 15 is 0 Å². The highest BCUT2D eigenvalue weighted by Gasteiger charge is 2.12. The molecule has 0 saturated heterocycles. The lowest BCUT2D eigenvalue weighted by Crippen LogP contribution is -2.26. The van der Waals surface area contributed by atoms with Gasteiger partial charge in [0.25, 0.3) is 5.91 Å². The molecule has 0 fully saturated rings. The van der Waals surface area contributed by atoms with E-state index in [0.29, 0.717) is 18.4 Å². The van der Waals surface area contributed by atoms with Gasteiger partial charge in [0.1, 0.15) is 5.82 Å². The first-order valence-corrected chi connectivity index (χ1v) is 8.08.